The van der Waals surface area contributed by atoms with Crippen LogP contribution in [0.1, 0.15) is 28.8 Å². The first-order valence-corrected chi connectivity index (χ1v) is 9.25. The smallest absolute Gasteiger partial charge is 0.257 e. The number of likely N-dealkylation sites (tertiary alicyclic amines) is 1. The van der Waals surface area contributed by atoms with Crippen LogP contribution in [0.4, 0.5) is 0 Å². The second-order valence-electron chi connectivity index (χ2n) is 6.58. The van der Waals surface area contributed by atoms with Gasteiger partial charge in [0.1, 0.15) is 5.69 Å². The van der Waals surface area contributed by atoms with Gasteiger partial charge >= 0.3 is 0 Å². The first kappa shape index (κ1) is 16.9. The molecule has 1 amide bonds. The van der Waals surface area contributed by atoms with Crippen molar-refractivity contribution in [3.05, 3.63) is 76.9 Å². The van der Waals surface area contributed by atoms with E-state index in [1.54, 1.807) is 0 Å². The molecule has 0 saturated carbocycles. The summed E-state index contributed by atoms with van der Waals surface area (Å²) in [5, 5.41) is 5.40. The summed E-state index contributed by atoms with van der Waals surface area (Å²) in [4.78, 5) is 14.9. The Morgan fingerprint density at radius 1 is 1.00 bits per heavy atom. The molecule has 0 aliphatic carbocycles. The van der Waals surface area contributed by atoms with E-state index in [9.17, 15) is 4.79 Å². The minimum atomic E-state index is 0.0618. The quantitative estimate of drug-likeness (QED) is 0.683. The Kier molecular flexibility index (Phi) is 4.76. The summed E-state index contributed by atoms with van der Waals surface area (Å²) in [5.74, 6) is 0.0618. The van der Waals surface area contributed by atoms with E-state index < -0.39 is 0 Å². The van der Waals surface area contributed by atoms with Crippen molar-refractivity contribution >= 4 is 17.5 Å². The van der Waals surface area contributed by atoms with Gasteiger partial charge in [-0.25, -0.2) is 0 Å². The molecule has 0 spiro atoms. The Morgan fingerprint density at radius 2 is 1.69 bits per heavy atom. The number of carbonyl (C=O) groups is 1. The van der Waals surface area contributed by atoms with Crippen molar-refractivity contribution in [1.29, 1.82) is 0 Å². The lowest BCUT2D eigenvalue weighted by Crippen LogP contribution is -2.27. The molecule has 1 fully saturated rings. The maximum absolute atomic E-state index is 13.0. The number of hydrogen-bond donors (Lipinski definition) is 0. The van der Waals surface area contributed by atoms with E-state index in [2.05, 4.69) is 12.1 Å². The lowest BCUT2D eigenvalue weighted by molar-refractivity contribution is 0.0793. The van der Waals surface area contributed by atoms with Crippen LogP contribution in [0.25, 0.3) is 11.3 Å². The molecule has 1 aliphatic heterocycles. The number of benzene rings is 2. The number of hydrogen-bond acceptors (Lipinski definition) is 2. The molecule has 132 valence electrons. The van der Waals surface area contributed by atoms with Crippen molar-refractivity contribution in [2.24, 2.45) is 0 Å². The molecule has 1 aliphatic rings. The molecule has 0 bridgehead atoms. The fourth-order valence-corrected chi connectivity index (χ4v) is 3.47. The molecule has 0 unspecified atom stereocenters. The van der Waals surface area contributed by atoms with Gasteiger partial charge in [-0.2, -0.15) is 5.10 Å². The number of amides is 1. The van der Waals surface area contributed by atoms with E-state index >= 15 is 0 Å². The second kappa shape index (κ2) is 7.34. The van der Waals surface area contributed by atoms with Crippen LogP contribution in [-0.4, -0.2) is 33.7 Å². The molecule has 3 aromatic rings. The van der Waals surface area contributed by atoms with Crippen LogP contribution in [0.15, 0.2) is 60.8 Å². The van der Waals surface area contributed by atoms with E-state index in [-0.39, 0.29) is 5.91 Å². The normalized spacial score (nSPS) is 14.0. The average Bonchev–Trinajstić information content (AvgIpc) is 3.33. The van der Waals surface area contributed by atoms with E-state index in [1.165, 1.54) is 0 Å². The van der Waals surface area contributed by atoms with Gasteiger partial charge in [-0.15, -0.1) is 0 Å². The molecule has 1 aromatic heterocycles. The van der Waals surface area contributed by atoms with Crippen LogP contribution in [0.5, 0.6) is 0 Å². The predicted octanol–water partition coefficient (Wildman–Crippen LogP) is 4.49. The van der Waals surface area contributed by atoms with E-state index in [4.69, 9.17) is 16.7 Å². The summed E-state index contributed by atoms with van der Waals surface area (Å²) in [6.07, 6.45) is 4.01. The zero-order chi connectivity index (χ0) is 17.9. The molecular weight excluding hydrogens is 346 g/mol. The SMILES string of the molecule is O=C(c1cn(Cc2ccccc2)nc1-c1ccc(Cl)cc1)N1CCCC1. The Balaban J connectivity index is 1.72. The molecule has 0 N–H and O–H groups in total. The van der Waals surface area contributed by atoms with E-state index in [1.807, 2.05) is 58.2 Å². The zero-order valence-electron chi connectivity index (χ0n) is 14.4. The molecule has 5 heteroatoms. The minimum absolute atomic E-state index is 0.0618. The largest absolute Gasteiger partial charge is 0.339 e. The zero-order valence-corrected chi connectivity index (χ0v) is 15.2. The molecular formula is C21H20ClN3O. The first-order valence-electron chi connectivity index (χ1n) is 8.87. The molecule has 0 atom stereocenters. The molecule has 26 heavy (non-hydrogen) atoms. The summed E-state index contributed by atoms with van der Waals surface area (Å²) < 4.78 is 1.85. The van der Waals surface area contributed by atoms with Crippen LogP contribution >= 0.6 is 11.6 Å². The first-order chi connectivity index (χ1) is 12.7. The Labute approximate surface area is 158 Å². The average molecular weight is 366 g/mol. The molecule has 1 saturated heterocycles. The van der Waals surface area contributed by atoms with Gasteiger partial charge in [0.25, 0.3) is 5.91 Å². The van der Waals surface area contributed by atoms with Crippen molar-refractivity contribution in [2.45, 2.75) is 19.4 Å². The topological polar surface area (TPSA) is 38.1 Å². The molecule has 2 heterocycles. The highest BCUT2D eigenvalue weighted by molar-refractivity contribution is 6.30. The molecule has 0 radical (unpaired) electrons. The molecule has 4 rings (SSSR count). The summed E-state index contributed by atoms with van der Waals surface area (Å²) in [5.41, 5.74) is 3.43. The van der Waals surface area contributed by atoms with Gasteiger partial charge in [0.2, 0.25) is 0 Å². The third-order valence-electron chi connectivity index (χ3n) is 4.69. The maximum atomic E-state index is 13.0. The fraction of sp³-hybridized carbons (Fsp3) is 0.238. The van der Waals surface area contributed by atoms with Crippen molar-refractivity contribution < 1.29 is 4.79 Å². The van der Waals surface area contributed by atoms with Crippen LogP contribution in [-0.2, 0) is 6.54 Å². The summed E-state index contributed by atoms with van der Waals surface area (Å²) in [6.45, 7) is 2.28. The van der Waals surface area contributed by atoms with Crippen molar-refractivity contribution in [1.82, 2.24) is 14.7 Å². The van der Waals surface area contributed by atoms with Crippen LogP contribution in [0.2, 0.25) is 5.02 Å². The predicted molar refractivity (Wildman–Crippen MR) is 103 cm³/mol. The highest BCUT2D eigenvalue weighted by Crippen LogP contribution is 2.26. The maximum Gasteiger partial charge on any atom is 0.257 e. The number of aromatic nitrogens is 2. The van der Waals surface area contributed by atoms with Crippen LogP contribution in [0.3, 0.4) is 0 Å². The fourth-order valence-electron chi connectivity index (χ4n) is 3.34. The van der Waals surface area contributed by atoms with Crippen molar-refractivity contribution in [3.8, 4) is 11.3 Å². The minimum Gasteiger partial charge on any atom is -0.339 e. The van der Waals surface area contributed by atoms with Crippen molar-refractivity contribution in [2.75, 3.05) is 13.1 Å². The highest BCUT2D eigenvalue weighted by Gasteiger charge is 2.25. The Morgan fingerprint density at radius 3 is 2.38 bits per heavy atom. The number of rotatable bonds is 4. The molecule has 4 nitrogen and oxygen atoms in total. The summed E-state index contributed by atoms with van der Waals surface area (Å²) >= 11 is 6.02. The Bertz CT molecular complexity index is 897. The molecule has 2 aromatic carbocycles. The van der Waals surface area contributed by atoms with Gasteiger partial charge in [0.15, 0.2) is 0 Å². The van der Waals surface area contributed by atoms with Crippen LogP contribution < -0.4 is 0 Å². The highest BCUT2D eigenvalue weighted by atomic mass is 35.5. The second-order valence-corrected chi connectivity index (χ2v) is 7.02. The lowest BCUT2D eigenvalue weighted by atomic mass is 10.1. The number of nitrogens with zero attached hydrogens (tertiary/aromatic N) is 3. The van der Waals surface area contributed by atoms with Gasteiger partial charge in [0.05, 0.1) is 12.1 Å². The Hall–Kier alpha value is -2.59. The standard InChI is InChI=1S/C21H20ClN3O/c22-18-10-8-17(9-11-18)20-19(21(26)24-12-4-5-13-24)15-25(23-20)14-16-6-2-1-3-7-16/h1-3,6-11,15H,4-5,12-14H2. The van der Waals surface area contributed by atoms with E-state index in [0.717, 1.165) is 42.8 Å². The lowest BCUT2D eigenvalue weighted by Gasteiger charge is -2.14. The van der Waals surface area contributed by atoms with Gasteiger partial charge in [0, 0.05) is 29.9 Å². The summed E-state index contributed by atoms with van der Waals surface area (Å²) in [7, 11) is 0. The summed E-state index contributed by atoms with van der Waals surface area (Å²) in [6, 6.07) is 17.6. The van der Waals surface area contributed by atoms with Gasteiger partial charge in [-0.3, -0.25) is 9.48 Å². The van der Waals surface area contributed by atoms with E-state index in [0.29, 0.717) is 17.1 Å². The van der Waals surface area contributed by atoms with Crippen LogP contribution in [0, 0.1) is 0 Å². The van der Waals surface area contributed by atoms with Gasteiger partial charge in [-0.05, 0) is 30.5 Å². The van der Waals surface area contributed by atoms with Gasteiger partial charge < -0.3 is 4.90 Å². The third kappa shape index (κ3) is 3.51. The third-order valence-corrected chi connectivity index (χ3v) is 4.94. The number of halogens is 1. The monoisotopic (exact) mass is 365 g/mol. The number of carbonyl (C=O) groups excluding carboxylic acids is 1. The van der Waals surface area contributed by atoms with Crippen molar-refractivity contribution in [3.63, 3.8) is 0 Å². The van der Waals surface area contributed by atoms with Gasteiger partial charge in [-0.1, -0.05) is 54.1 Å².